The Kier molecular flexibility index (Phi) is 7.70. The summed E-state index contributed by atoms with van der Waals surface area (Å²) in [7, 11) is 1.44. The van der Waals surface area contributed by atoms with Gasteiger partial charge in [-0.05, 0) is 25.8 Å². The lowest BCUT2D eigenvalue weighted by Crippen LogP contribution is -2.42. The predicted molar refractivity (Wildman–Crippen MR) is 105 cm³/mol. The maximum atomic E-state index is 12.3. The Hall–Kier alpha value is -3.42. The molecule has 0 aliphatic carbocycles. The molecule has 0 radical (unpaired) electrons. The lowest BCUT2D eigenvalue weighted by molar-refractivity contribution is -0.727. The van der Waals surface area contributed by atoms with Gasteiger partial charge in [0.2, 0.25) is 0 Å². The summed E-state index contributed by atoms with van der Waals surface area (Å²) >= 11 is 0. The minimum Gasteiger partial charge on any atom is -0.480 e. The zero-order valence-corrected chi connectivity index (χ0v) is 16.7. The highest BCUT2D eigenvalue weighted by Crippen LogP contribution is 2.06. The van der Waals surface area contributed by atoms with E-state index in [-0.39, 0.29) is 12.8 Å². The van der Waals surface area contributed by atoms with Crippen LogP contribution >= 0.6 is 0 Å². The number of pyridine rings is 1. The number of aliphatic carboxylic acids is 1. The molecule has 0 spiro atoms. The van der Waals surface area contributed by atoms with Crippen LogP contribution in [0.3, 0.4) is 0 Å². The van der Waals surface area contributed by atoms with Crippen molar-refractivity contribution >= 4 is 18.0 Å². The SMILES string of the molecule is CC(Cc1ccccc1)NC(=O)OC[n+]1ccc(C(=O)N(C)[C@@H](C)C(=O)O)cc1. The Morgan fingerprint density at radius 3 is 2.31 bits per heavy atom. The number of carboxylic acid groups (broad SMARTS) is 1. The van der Waals surface area contributed by atoms with Crippen molar-refractivity contribution in [3.8, 4) is 0 Å². The minimum absolute atomic E-state index is 0.0142. The van der Waals surface area contributed by atoms with E-state index in [1.54, 1.807) is 29.1 Å². The number of hydrogen-bond acceptors (Lipinski definition) is 4. The standard InChI is InChI=1S/C21H25N3O5/c1-15(13-17-7-5-4-6-8-17)22-21(28)29-14-24-11-9-18(10-12-24)19(25)23(3)16(2)20(26)27/h4-12,15-16H,13-14H2,1-3H3,(H-,22,26,27,28)/p+1/t15?,16-/m0/s1. The molecule has 8 nitrogen and oxygen atoms in total. The molecular weight excluding hydrogens is 374 g/mol. The molecule has 0 bridgehead atoms. The van der Waals surface area contributed by atoms with Crippen molar-refractivity contribution in [3.63, 3.8) is 0 Å². The van der Waals surface area contributed by atoms with Crippen LogP contribution in [0.2, 0.25) is 0 Å². The third-order valence-corrected chi connectivity index (χ3v) is 4.49. The molecule has 1 heterocycles. The molecule has 2 rings (SSSR count). The molecule has 0 aliphatic rings. The Morgan fingerprint density at radius 2 is 1.72 bits per heavy atom. The first-order valence-electron chi connectivity index (χ1n) is 9.24. The lowest BCUT2D eigenvalue weighted by Gasteiger charge is -2.21. The Bertz CT molecular complexity index is 839. The molecule has 154 valence electrons. The molecule has 2 atom stereocenters. The van der Waals surface area contributed by atoms with Crippen molar-refractivity contribution < 1.29 is 28.8 Å². The number of nitrogens with zero attached hydrogens (tertiary/aromatic N) is 2. The van der Waals surface area contributed by atoms with Gasteiger partial charge in [0, 0.05) is 25.2 Å². The van der Waals surface area contributed by atoms with Crippen LogP contribution in [0.15, 0.2) is 54.9 Å². The highest BCUT2D eigenvalue weighted by Gasteiger charge is 2.23. The van der Waals surface area contributed by atoms with Crippen molar-refractivity contribution in [2.45, 2.75) is 39.1 Å². The monoisotopic (exact) mass is 400 g/mol. The lowest BCUT2D eigenvalue weighted by atomic mass is 10.1. The zero-order valence-electron chi connectivity index (χ0n) is 16.7. The molecule has 1 unspecified atom stereocenters. The summed E-state index contributed by atoms with van der Waals surface area (Å²) in [4.78, 5) is 36.4. The molecule has 0 aliphatic heterocycles. The van der Waals surface area contributed by atoms with E-state index < -0.39 is 24.0 Å². The van der Waals surface area contributed by atoms with Crippen LogP contribution in [0.25, 0.3) is 0 Å². The molecule has 0 saturated carbocycles. The minimum atomic E-state index is -1.08. The first kappa shape index (κ1) is 21.9. The first-order chi connectivity index (χ1) is 13.8. The second-order valence-electron chi connectivity index (χ2n) is 6.83. The van der Waals surface area contributed by atoms with Gasteiger partial charge in [-0.3, -0.25) is 4.79 Å². The Balaban J connectivity index is 1.82. The number of ether oxygens (including phenoxy) is 1. The van der Waals surface area contributed by atoms with Gasteiger partial charge in [0.15, 0.2) is 12.4 Å². The fourth-order valence-corrected chi connectivity index (χ4v) is 2.63. The molecule has 1 aromatic heterocycles. The van der Waals surface area contributed by atoms with Crippen LogP contribution < -0.4 is 9.88 Å². The van der Waals surface area contributed by atoms with Crippen molar-refractivity contribution in [1.29, 1.82) is 0 Å². The van der Waals surface area contributed by atoms with Crippen LogP contribution in [0.4, 0.5) is 4.79 Å². The molecule has 29 heavy (non-hydrogen) atoms. The molecule has 0 saturated heterocycles. The second-order valence-corrected chi connectivity index (χ2v) is 6.83. The predicted octanol–water partition coefficient (Wildman–Crippen LogP) is 1.83. The molecule has 2 N–H and O–H groups in total. The third-order valence-electron chi connectivity index (χ3n) is 4.49. The van der Waals surface area contributed by atoms with Gasteiger partial charge in [-0.15, -0.1) is 0 Å². The summed E-state index contributed by atoms with van der Waals surface area (Å²) in [6.07, 6.45) is 3.35. The molecule has 2 aromatic rings. The number of amides is 2. The van der Waals surface area contributed by atoms with Crippen molar-refractivity contribution in [3.05, 3.63) is 66.0 Å². The van der Waals surface area contributed by atoms with E-state index >= 15 is 0 Å². The van der Waals surface area contributed by atoms with Gasteiger partial charge in [0.25, 0.3) is 12.6 Å². The third kappa shape index (κ3) is 6.60. The van der Waals surface area contributed by atoms with E-state index in [0.717, 1.165) is 10.5 Å². The number of hydrogen-bond donors (Lipinski definition) is 2. The zero-order chi connectivity index (χ0) is 21.4. The summed E-state index contributed by atoms with van der Waals surface area (Å²) in [5.41, 5.74) is 1.47. The molecule has 8 heteroatoms. The number of alkyl carbamates (subject to hydrolysis) is 1. The smallest absolute Gasteiger partial charge is 0.412 e. The van der Waals surface area contributed by atoms with Gasteiger partial charge in [0.1, 0.15) is 6.04 Å². The van der Waals surface area contributed by atoms with E-state index in [4.69, 9.17) is 9.84 Å². The number of rotatable bonds is 8. The largest absolute Gasteiger partial charge is 0.480 e. The summed E-state index contributed by atoms with van der Waals surface area (Å²) in [6.45, 7) is 3.32. The number of likely N-dealkylation sites (N-methyl/N-ethyl adjacent to an activating group) is 1. The van der Waals surface area contributed by atoms with Crippen molar-refractivity contribution in [2.24, 2.45) is 0 Å². The molecule has 0 fully saturated rings. The van der Waals surface area contributed by atoms with Crippen molar-refractivity contribution in [2.75, 3.05) is 7.05 Å². The topological polar surface area (TPSA) is 99.8 Å². The number of carboxylic acids is 1. The number of carbonyl (C=O) groups is 3. The van der Waals surface area contributed by atoms with Crippen LogP contribution in [-0.2, 0) is 22.7 Å². The van der Waals surface area contributed by atoms with E-state index in [9.17, 15) is 14.4 Å². The Labute approximate surface area is 169 Å². The van der Waals surface area contributed by atoms with Crippen LogP contribution in [0.5, 0.6) is 0 Å². The normalized spacial score (nSPS) is 12.5. The van der Waals surface area contributed by atoms with E-state index in [0.29, 0.717) is 12.0 Å². The maximum Gasteiger partial charge on any atom is 0.412 e. The number of benzene rings is 1. The fourth-order valence-electron chi connectivity index (χ4n) is 2.63. The number of nitrogens with one attached hydrogen (secondary N) is 1. The maximum absolute atomic E-state index is 12.3. The second kappa shape index (κ2) is 10.2. The highest BCUT2D eigenvalue weighted by molar-refractivity contribution is 5.96. The fraction of sp³-hybridized carbons (Fsp3) is 0.333. The van der Waals surface area contributed by atoms with Gasteiger partial charge >= 0.3 is 12.1 Å². The van der Waals surface area contributed by atoms with Gasteiger partial charge in [-0.1, -0.05) is 30.3 Å². The average Bonchev–Trinajstić information content (AvgIpc) is 2.71. The van der Waals surface area contributed by atoms with Crippen LogP contribution in [-0.4, -0.2) is 47.1 Å². The van der Waals surface area contributed by atoms with E-state index in [1.807, 2.05) is 37.3 Å². The first-order valence-corrected chi connectivity index (χ1v) is 9.24. The number of carbonyl (C=O) groups excluding carboxylic acids is 2. The van der Waals surface area contributed by atoms with Crippen LogP contribution in [0.1, 0.15) is 29.8 Å². The highest BCUT2D eigenvalue weighted by atomic mass is 16.6. The van der Waals surface area contributed by atoms with Crippen LogP contribution in [0, 0.1) is 0 Å². The van der Waals surface area contributed by atoms with E-state index in [1.165, 1.54) is 14.0 Å². The summed E-state index contributed by atoms with van der Waals surface area (Å²) in [5.74, 6) is -1.48. The van der Waals surface area contributed by atoms with Crippen molar-refractivity contribution in [1.82, 2.24) is 10.2 Å². The van der Waals surface area contributed by atoms with E-state index in [2.05, 4.69) is 5.32 Å². The summed E-state index contributed by atoms with van der Waals surface area (Å²) < 4.78 is 6.79. The Morgan fingerprint density at radius 1 is 1.10 bits per heavy atom. The van der Waals surface area contributed by atoms with Gasteiger partial charge in [0.05, 0.1) is 5.56 Å². The molecule has 2 amide bonds. The molecule has 1 aromatic carbocycles. The summed E-state index contributed by atoms with van der Waals surface area (Å²) in [5, 5.41) is 11.8. The van der Waals surface area contributed by atoms with Gasteiger partial charge < -0.3 is 20.1 Å². The molecular formula is C21H26N3O5+. The van der Waals surface area contributed by atoms with Gasteiger partial charge in [-0.2, -0.15) is 4.57 Å². The quantitative estimate of drug-likeness (QED) is 0.659. The van der Waals surface area contributed by atoms with Gasteiger partial charge in [-0.25, -0.2) is 9.59 Å². The summed E-state index contributed by atoms with van der Waals surface area (Å²) in [6, 6.07) is 11.9. The number of aromatic nitrogens is 1. The average molecular weight is 400 g/mol.